The molecule has 1 aromatic rings. The standard InChI is InChI=1S/C12H14FN/c1-7-5-10(13)6-11(12(7)14)8(2)9-3-4-9/h5-6,9H,2-4,14H2,1H3. The zero-order chi connectivity index (χ0) is 10.3. The Balaban J connectivity index is 2.45. The third kappa shape index (κ3) is 1.52. The summed E-state index contributed by atoms with van der Waals surface area (Å²) in [5.41, 5.74) is 9.14. The summed E-state index contributed by atoms with van der Waals surface area (Å²) in [5, 5.41) is 0. The van der Waals surface area contributed by atoms with Gasteiger partial charge in [-0.2, -0.15) is 0 Å². The number of hydrogen-bond acceptors (Lipinski definition) is 1. The van der Waals surface area contributed by atoms with Gasteiger partial charge in [0.1, 0.15) is 5.82 Å². The van der Waals surface area contributed by atoms with Crippen LogP contribution in [0.3, 0.4) is 0 Å². The molecule has 0 aromatic heterocycles. The molecule has 2 rings (SSSR count). The van der Waals surface area contributed by atoms with Gasteiger partial charge in [-0.3, -0.25) is 0 Å². The molecule has 0 unspecified atom stereocenters. The molecule has 0 amide bonds. The van der Waals surface area contributed by atoms with Gasteiger partial charge in [0.2, 0.25) is 0 Å². The highest BCUT2D eigenvalue weighted by atomic mass is 19.1. The maximum Gasteiger partial charge on any atom is 0.124 e. The van der Waals surface area contributed by atoms with Crippen LogP contribution in [0.2, 0.25) is 0 Å². The summed E-state index contributed by atoms with van der Waals surface area (Å²) in [7, 11) is 0. The average Bonchev–Trinajstić information content (AvgIpc) is 2.93. The number of hydrogen-bond donors (Lipinski definition) is 1. The molecule has 0 aliphatic heterocycles. The molecule has 1 saturated carbocycles. The third-order valence-electron chi connectivity index (χ3n) is 2.77. The van der Waals surface area contributed by atoms with Crippen molar-refractivity contribution < 1.29 is 4.39 Å². The highest BCUT2D eigenvalue weighted by Gasteiger charge is 2.26. The number of rotatable bonds is 2. The number of nitrogens with two attached hydrogens (primary N) is 1. The predicted octanol–water partition coefficient (Wildman–Crippen LogP) is 3.14. The fourth-order valence-electron chi connectivity index (χ4n) is 1.67. The van der Waals surface area contributed by atoms with Gasteiger partial charge in [-0.05, 0) is 49.0 Å². The minimum atomic E-state index is -0.228. The van der Waals surface area contributed by atoms with Gasteiger partial charge in [-0.25, -0.2) is 4.39 Å². The van der Waals surface area contributed by atoms with Gasteiger partial charge >= 0.3 is 0 Å². The number of benzene rings is 1. The average molecular weight is 191 g/mol. The van der Waals surface area contributed by atoms with Crippen molar-refractivity contribution >= 4 is 11.3 Å². The van der Waals surface area contributed by atoms with Crippen LogP contribution in [0, 0.1) is 18.7 Å². The predicted molar refractivity (Wildman–Crippen MR) is 57.3 cm³/mol. The molecule has 1 nitrogen and oxygen atoms in total. The van der Waals surface area contributed by atoms with E-state index in [0.29, 0.717) is 11.6 Å². The smallest absolute Gasteiger partial charge is 0.124 e. The zero-order valence-electron chi connectivity index (χ0n) is 8.31. The van der Waals surface area contributed by atoms with Crippen molar-refractivity contribution in [3.8, 4) is 0 Å². The van der Waals surface area contributed by atoms with Gasteiger partial charge in [0, 0.05) is 11.3 Å². The summed E-state index contributed by atoms with van der Waals surface area (Å²) in [6.45, 7) is 5.80. The molecule has 0 spiro atoms. The van der Waals surface area contributed by atoms with Crippen molar-refractivity contribution in [2.24, 2.45) is 5.92 Å². The van der Waals surface area contributed by atoms with Crippen LogP contribution in [-0.4, -0.2) is 0 Å². The minimum absolute atomic E-state index is 0.228. The first-order valence-electron chi connectivity index (χ1n) is 4.84. The van der Waals surface area contributed by atoms with E-state index in [4.69, 9.17) is 5.73 Å². The van der Waals surface area contributed by atoms with E-state index in [1.165, 1.54) is 12.1 Å². The SMILES string of the molecule is C=C(c1cc(F)cc(C)c1N)C1CC1. The number of nitrogen functional groups attached to an aromatic ring is 1. The lowest BCUT2D eigenvalue weighted by molar-refractivity contribution is 0.626. The largest absolute Gasteiger partial charge is 0.398 e. The summed E-state index contributed by atoms with van der Waals surface area (Å²) in [6, 6.07) is 2.95. The second-order valence-electron chi connectivity index (χ2n) is 3.98. The van der Waals surface area contributed by atoms with Gasteiger partial charge < -0.3 is 5.73 Å². The van der Waals surface area contributed by atoms with Crippen molar-refractivity contribution in [3.05, 3.63) is 35.7 Å². The van der Waals surface area contributed by atoms with Crippen molar-refractivity contribution in [1.82, 2.24) is 0 Å². The number of aryl methyl sites for hydroxylation is 1. The number of anilines is 1. The Morgan fingerprint density at radius 3 is 2.71 bits per heavy atom. The number of allylic oxidation sites excluding steroid dienone is 1. The van der Waals surface area contributed by atoms with Gasteiger partial charge in [0.15, 0.2) is 0 Å². The lowest BCUT2D eigenvalue weighted by Gasteiger charge is -2.10. The first-order chi connectivity index (χ1) is 6.59. The van der Waals surface area contributed by atoms with E-state index in [1.54, 1.807) is 0 Å². The molecule has 0 atom stereocenters. The summed E-state index contributed by atoms with van der Waals surface area (Å²) in [4.78, 5) is 0. The molecule has 1 aliphatic rings. The minimum Gasteiger partial charge on any atom is -0.398 e. The van der Waals surface area contributed by atoms with E-state index in [2.05, 4.69) is 6.58 Å². The molecule has 1 aliphatic carbocycles. The quantitative estimate of drug-likeness (QED) is 0.714. The van der Waals surface area contributed by atoms with Gasteiger partial charge in [-0.1, -0.05) is 6.58 Å². The van der Waals surface area contributed by atoms with Gasteiger partial charge in [0.25, 0.3) is 0 Å². The van der Waals surface area contributed by atoms with Gasteiger partial charge in [-0.15, -0.1) is 0 Å². The molecule has 0 bridgehead atoms. The Morgan fingerprint density at radius 1 is 1.50 bits per heavy atom. The first kappa shape index (κ1) is 9.25. The Morgan fingerprint density at radius 2 is 2.14 bits per heavy atom. The highest BCUT2D eigenvalue weighted by Crippen LogP contribution is 2.42. The molecule has 0 saturated heterocycles. The van der Waals surface area contributed by atoms with Crippen molar-refractivity contribution in [2.75, 3.05) is 5.73 Å². The van der Waals surface area contributed by atoms with E-state index >= 15 is 0 Å². The van der Waals surface area contributed by atoms with Crippen LogP contribution >= 0.6 is 0 Å². The highest BCUT2D eigenvalue weighted by molar-refractivity contribution is 5.77. The van der Waals surface area contributed by atoms with Crippen LogP contribution in [0.15, 0.2) is 18.7 Å². The molecular weight excluding hydrogens is 177 g/mol. The number of halogens is 1. The van der Waals surface area contributed by atoms with Crippen LogP contribution in [-0.2, 0) is 0 Å². The van der Waals surface area contributed by atoms with Crippen molar-refractivity contribution in [3.63, 3.8) is 0 Å². The zero-order valence-corrected chi connectivity index (χ0v) is 8.31. The van der Waals surface area contributed by atoms with Gasteiger partial charge in [0.05, 0.1) is 0 Å². The van der Waals surface area contributed by atoms with Crippen molar-refractivity contribution in [1.29, 1.82) is 0 Å². The van der Waals surface area contributed by atoms with E-state index in [9.17, 15) is 4.39 Å². The maximum atomic E-state index is 13.2. The molecule has 1 fully saturated rings. The first-order valence-corrected chi connectivity index (χ1v) is 4.84. The molecule has 0 radical (unpaired) electrons. The summed E-state index contributed by atoms with van der Waals surface area (Å²) < 4.78 is 13.2. The molecule has 0 heterocycles. The molecule has 2 heteroatoms. The summed E-state index contributed by atoms with van der Waals surface area (Å²) in [5.74, 6) is 0.298. The maximum absolute atomic E-state index is 13.2. The van der Waals surface area contributed by atoms with Crippen LogP contribution in [0.25, 0.3) is 5.57 Å². The molecule has 74 valence electrons. The Bertz CT molecular complexity index is 392. The van der Waals surface area contributed by atoms with Crippen LogP contribution in [0.4, 0.5) is 10.1 Å². The van der Waals surface area contributed by atoms with Crippen LogP contribution < -0.4 is 5.73 Å². The second-order valence-corrected chi connectivity index (χ2v) is 3.98. The fraction of sp³-hybridized carbons (Fsp3) is 0.333. The van der Waals surface area contributed by atoms with Crippen LogP contribution in [0.1, 0.15) is 24.0 Å². The van der Waals surface area contributed by atoms with Crippen molar-refractivity contribution in [2.45, 2.75) is 19.8 Å². The summed E-state index contributed by atoms with van der Waals surface area (Å²) in [6.07, 6.45) is 2.32. The third-order valence-corrected chi connectivity index (χ3v) is 2.77. The lowest BCUT2D eigenvalue weighted by atomic mass is 9.98. The van der Waals surface area contributed by atoms with E-state index in [1.807, 2.05) is 6.92 Å². The van der Waals surface area contributed by atoms with E-state index < -0.39 is 0 Å². The molecule has 1 aromatic carbocycles. The normalized spacial score (nSPS) is 15.6. The topological polar surface area (TPSA) is 26.0 Å². The Hall–Kier alpha value is -1.31. The van der Waals surface area contributed by atoms with Crippen LogP contribution in [0.5, 0.6) is 0 Å². The monoisotopic (exact) mass is 191 g/mol. The molecule has 2 N–H and O–H groups in total. The second kappa shape index (κ2) is 3.12. The van der Waals surface area contributed by atoms with E-state index in [0.717, 1.165) is 29.5 Å². The molecular formula is C12H14FN. The Kier molecular flexibility index (Phi) is 2.06. The summed E-state index contributed by atoms with van der Waals surface area (Å²) >= 11 is 0. The fourth-order valence-corrected chi connectivity index (χ4v) is 1.67. The lowest BCUT2D eigenvalue weighted by Crippen LogP contribution is -1.98. The Labute approximate surface area is 83.4 Å². The van der Waals surface area contributed by atoms with E-state index in [-0.39, 0.29) is 5.82 Å². The molecule has 14 heavy (non-hydrogen) atoms.